The maximum Gasteiger partial charge on any atom is 1.00 e. The number of hydrogen-bond acceptors (Lipinski definition) is 4. The molecular formula is C21H24KN2O2-. The van der Waals surface area contributed by atoms with Crippen LogP contribution in [0.3, 0.4) is 0 Å². The molecule has 0 aliphatic carbocycles. The van der Waals surface area contributed by atoms with Gasteiger partial charge < -0.3 is 9.26 Å². The van der Waals surface area contributed by atoms with Gasteiger partial charge in [-0.25, -0.2) is 5.16 Å². The zero-order chi connectivity index (χ0) is 18.0. The first-order valence-electron chi connectivity index (χ1n) is 8.37. The van der Waals surface area contributed by atoms with Crippen LogP contribution in [0, 0.1) is 12.3 Å². The molecular weight excluding hydrogens is 351 g/mol. The molecule has 2 heterocycles. The fourth-order valence-electron chi connectivity index (χ4n) is 2.02. The normalized spacial score (nSPS) is 10.3. The average Bonchev–Trinajstić information content (AvgIpc) is 3.16. The van der Waals surface area contributed by atoms with E-state index in [0.717, 1.165) is 31.0 Å². The van der Waals surface area contributed by atoms with Gasteiger partial charge >= 0.3 is 51.4 Å². The van der Waals surface area contributed by atoms with E-state index in [1.165, 1.54) is 5.56 Å². The largest absolute Gasteiger partial charge is 1.00 e. The number of pyridine rings is 1. The summed E-state index contributed by atoms with van der Waals surface area (Å²) in [7, 11) is 0. The Morgan fingerprint density at radius 1 is 1.08 bits per heavy atom. The molecule has 0 saturated heterocycles. The number of aryl methyl sites for hydroxylation is 1. The van der Waals surface area contributed by atoms with Crippen molar-refractivity contribution in [2.45, 2.75) is 39.0 Å². The molecule has 0 unspecified atom stereocenters. The van der Waals surface area contributed by atoms with Crippen molar-refractivity contribution in [1.29, 1.82) is 0 Å². The minimum absolute atomic E-state index is 0. The summed E-state index contributed by atoms with van der Waals surface area (Å²) in [5.74, 6) is 1.79. The van der Waals surface area contributed by atoms with Gasteiger partial charge in [-0.15, -0.1) is 18.3 Å². The summed E-state index contributed by atoms with van der Waals surface area (Å²) in [6, 6.07) is 16.4. The molecule has 132 valence electrons. The van der Waals surface area contributed by atoms with Crippen molar-refractivity contribution in [3.63, 3.8) is 0 Å². The SMILES string of the molecule is CC(C)(C)c1c[c-]no1.[K+].[c-]1ccc(OCCCc2ccncc2)cc1. The van der Waals surface area contributed by atoms with Crippen LogP contribution in [0.5, 0.6) is 5.75 Å². The second kappa shape index (κ2) is 12.4. The van der Waals surface area contributed by atoms with Crippen LogP contribution in [-0.4, -0.2) is 16.7 Å². The van der Waals surface area contributed by atoms with E-state index < -0.39 is 0 Å². The first kappa shape index (κ1) is 23.1. The predicted molar refractivity (Wildman–Crippen MR) is 97.4 cm³/mol. The zero-order valence-corrected chi connectivity index (χ0v) is 19.2. The van der Waals surface area contributed by atoms with Gasteiger partial charge in [-0.1, -0.05) is 20.8 Å². The Morgan fingerprint density at radius 2 is 1.77 bits per heavy atom. The molecule has 0 atom stereocenters. The van der Waals surface area contributed by atoms with Crippen molar-refractivity contribution in [2.75, 3.05) is 6.61 Å². The standard InChI is InChI=1S/C14H14NO.C7H10NO.K/c1-2-6-14(7-3-1)16-12-4-5-13-8-10-15-11-9-13;1-7(2,3)6-4-5-8-9-6;/h2-3,6-11H,4-5,12H2;4H,1-3H3;/q2*-1;+1. The summed E-state index contributed by atoms with van der Waals surface area (Å²) in [6.07, 6.45) is 8.31. The van der Waals surface area contributed by atoms with E-state index in [2.05, 4.69) is 43.2 Å². The Labute approximate surface area is 198 Å². The molecule has 0 spiro atoms. The molecule has 1 aromatic carbocycles. The maximum absolute atomic E-state index is 5.59. The zero-order valence-electron chi connectivity index (χ0n) is 16.0. The number of rotatable bonds is 5. The van der Waals surface area contributed by atoms with Gasteiger partial charge in [0.05, 0.1) is 6.61 Å². The summed E-state index contributed by atoms with van der Waals surface area (Å²) in [5, 5.41) is 3.49. The molecule has 0 aliphatic heterocycles. The van der Waals surface area contributed by atoms with Crippen molar-refractivity contribution in [2.24, 2.45) is 0 Å². The monoisotopic (exact) mass is 375 g/mol. The molecule has 0 saturated carbocycles. The molecule has 0 radical (unpaired) electrons. The molecule has 0 aliphatic rings. The van der Waals surface area contributed by atoms with Crippen molar-refractivity contribution in [1.82, 2.24) is 10.1 Å². The first-order chi connectivity index (χ1) is 12.1. The van der Waals surface area contributed by atoms with Crippen LogP contribution < -0.4 is 56.1 Å². The molecule has 0 fully saturated rings. The second-order valence-electron chi connectivity index (χ2n) is 6.61. The molecule has 0 N–H and O–H groups in total. The van der Waals surface area contributed by atoms with E-state index in [1.54, 1.807) is 6.07 Å². The fraction of sp³-hybridized carbons (Fsp3) is 0.333. The van der Waals surface area contributed by atoms with Crippen LogP contribution in [0.2, 0.25) is 0 Å². The number of benzene rings is 1. The van der Waals surface area contributed by atoms with Crippen LogP contribution in [-0.2, 0) is 11.8 Å². The maximum atomic E-state index is 5.59. The summed E-state index contributed by atoms with van der Waals surface area (Å²) < 4.78 is 10.5. The van der Waals surface area contributed by atoms with Gasteiger partial charge in [-0.2, -0.15) is 24.3 Å². The van der Waals surface area contributed by atoms with E-state index in [4.69, 9.17) is 9.26 Å². The second-order valence-corrected chi connectivity index (χ2v) is 6.61. The molecule has 4 nitrogen and oxygen atoms in total. The smallest absolute Gasteiger partial charge is 0.519 e. The van der Waals surface area contributed by atoms with Crippen LogP contribution in [0.25, 0.3) is 0 Å². The Hall–Kier alpha value is -0.984. The van der Waals surface area contributed by atoms with Crippen LogP contribution in [0.1, 0.15) is 38.5 Å². The van der Waals surface area contributed by atoms with Crippen molar-refractivity contribution in [3.8, 4) is 5.75 Å². The van der Waals surface area contributed by atoms with Crippen molar-refractivity contribution < 1.29 is 60.6 Å². The van der Waals surface area contributed by atoms with Gasteiger partial charge in [0, 0.05) is 18.1 Å². The third-order valence-electron chi connectivity index (χ3n) is 3.45. The topological polar surface area (TPSA) is 48.2 Å². The van der Waals surface area contributed by atoms with Gasteiger partial charge in [0.2, 0.25) is 0 Å². The van der Waals surface area contributed by atoms with Gasteiger partial charge in [0.15, 0.2) is 0 Å². The molecule has 0 bridgehead atoms. The summed E-state index contributed by atoms with van der Waals surface area (Å²) in [4.78, 5) is 3.99. The first-order valence-corrected chi connectivity index (χ1v) is 8.37. The Bertz CT molecular complexity index is 654. The molecule has 5 heteroatoms. The number of ether oxygens (including phenoxy) is 1. The van der Waals surface area contributed by atoms with Gasteiger partial charge in [0.1, 0.15) is 0 Å². The van der Waals surface area contributed by atoms with E-state index in [9.17, 15) is 0 Å². The van der Waals surface area contributed by atoms with E-state index in [-0.39, 0.29) is 56.8 Å². The predicted octanol–water partition coefficient (Wildman–Crippen LogP) is 1.67. The minimum atomic E-state index is 0. The van der Waals surface area contributed by atoms with E-state index >= 15 is 0 Å². The minimum Gasteiger partial charge on any atom is -0.519 e. The summed E-state index contributed by atoms with van der Waals surface area (Å²) in [5.41, 5.74) is 1.37. The summed E-state index contributed by atoms with van der Waals surface area (Å²) in [6.45, 7) is 6.95. The third kappa shape index (κ3) is 9.10. The fourth-order valence-corrected chi connectivity index (χ4v) is 2.02. The van der Waals surface area contributed by atoms with Crippen LogP contribution in [0.4, 0.5) is 0 Å². The van der Waals surface area contributed by atoms with Gasteiger partial charge in [0.25, 0.3) is 0 Å². The van der Waals surface area contributed by atoms with Crippen molar-refractivity contribution in [3.05, 3.63) is 78.4 Å². The van der Waals surface area contributed by atoms with Crippen LogP contribution >= 0.6 is 0 Å². The molecule has 26 heavy (non-hydrogen) atoms. The third-order valence-corrected chi connectivity index (χ3v) is 3.45. The Morgan fingerprint density at radius 3 is 2.31 bits per heavy atom. The molecule has 0 amide bonds. The van der Waals surface area contributed by atoms with Gasteiger partial charge in [-0.05, 0) is 41.7 Å². The van der Waals surface area contributed by atoms with E-state index in [0.29, 0.717) is 0 Å². The van der Waals surface area contributed by atoms with E-state index in [1.807, 2.05) is 48.8 Å². The number of aromatic nitrogens is 2. The van der Waals surface area contributed by atoms with Crippen LogP contribution in [0.15, 0.2) is 59.4 Å². The summed E-state index contributed by atoms with van der Waals surface area (Å²) >= 11 is 0. The molecule has 2 aromatic heterocycles. The number of nitrogens with zero attached hydrogens (tertiary/aromatic N) is 2. The Balaban J connectivity index is 0.000000290. The van der Waals surface area contributed by atoms with Gasteiger partial charge in [-0.3, -0.25) is 4.98 Å². The number of hydrogen-bond donors (Lipinski definition) is 0. The molecule has 3 aromatic rings. The van der Waals surface area contributed by atoms with Crippen molar-refractivity contribution >= 4 is 0 Å². The average molecular weight is 376 g/mol. The quantitative estimate of drug-likeness (QED) is 0.387. The molecule has 3 rings (SSSR count). The Kier molecular flexibility index (Phi) is 11.0.